The van der Waals surface area contributed by atoms with Gasteiger partial charge in [0.2, 0.25) is 10.0 Å². The Morgan fingerprint density at radius 3 is 2.69 bits per heavy atom. The summed E-state index contributed by atoms with van der Waals surface area (Å²) in [5.41, 5.74) is 1.42. The molecule has 3 aromatic rings. The molecule has 0 aliphatic carbocycles. The molecule has 0 aliphatic rings. The number of thioether (sulfide) groups is 1. The van der Waals surface area contributed by atoms with Gasteiger partial charge in [-0.15, -0.1) is 0 Å². The van der Waals surface area contributed by atoms with Crippen LogP contribution in [0.2, 0.25) is 5.02 Å². The van der Waals surface area contributed by atoms with Gasteiger partial charge in [0.15, 0.2) is 0 Å². The van der Waals surface area contributed by atoms with Crippen LogP contribution >= 0.6 is 23.4 Å². The molecule has 1 N–H and O–H groups in total. The number of H-pyrrole nitrogens is 1. The fourth-order valence-electron chi connectivity index (χ4n) is 2.60. The molecule has 0 amide bonds. The molecular weight excluding hydrogens is 392 g/mol. The number of aromatic nitrogens is 3. The van der Waals surface area contributed by atoms with Crippen LogP contribution in [0.3, 0.4) is 0 Å². The first-order chi connectivity index (χ1) is 12.5. The van der Waals surface area contributed by atoms with Gasteiger partial charge in [-0.1, -0.05) is 37.2 Å². The zero-order chi connectivity index (χ0) is 18.7. The van der Waals surface area contributed by atoms with E-state index in [1.165, 1.54) is 16.1 Å². The molecule has 0 bridgehead atoms. The highest BCUT2D eigenvalue weighted by Crippen LogP contribution is 2.27. The van der Waals surface area contributed by atoms with Crippen molar-refractivity contribution >= 4 is 44.4 Å². The van der Waals surface area contributed by atoms with Crippen LogP contribution < -0.4 is 0 Å². The Kier molecular flexibility index (Phi) is 5.86. The molecule has 0 atom stereocenters. The topological polar surface area (TPSA) is 79.0 Å². The van der Waals surface area contributed by atoms with Crippen LogP contribution in [-0.2, 0) is 15.8 Å². The highest BCUT2D eigenvalue weighted by molar-refractivity contribution is 7.98. The minimum atomic E-state index is -3.49. The first-order valence-electron chi connectivity index (χ1n) is 8.17. The van der Waals surface area contributed by atoms with Crippen LogP contribution in [0.4, 0.5) is 0 Å². The van der Waals surface area contributed by atoms with Crippen LogP contribution in [0.1, 0.15) is 19.7 Å². The third-order valence-corrected chi connectivity index (χ3v) is 7.40. The summed E-state index contributed by atoms with van der Waals surface area (Å²) in [5.74, 6) is 1.30. The van der Waals surface area contributed by atoms with Gasteiger partial charge in [0.05, 0.1) is 26.7 Å². The van der Waals surface area contributed by atoms with Gasteiger partial charge in [-0.2, -0.15) is 4.31 Å². The Morgan fingerprint density at radius 2 is 2.00 bits per heavy atom. The van der Waals surface area contributed by atoms with Crippen LogP contribution in [0, 0.1) is 0 Å². The number of hydrogen-bond acceptors (Lipinski definition) is 5. The number of benzene rings is 1. The van der Waals surface area contributed by atoms with Gasteiger partial charge in [-0.05, 0) is 30.3 Å². The van der Waals surface area contributed by atoms with Crippen molar-refractivity contribution in [3.8, 4) is 0 Å². The first-order valence-corrected chi connectivity index (χ1v) is 11.0. The Labute approximate surface area is 162 Å². The van der Waals surface area contributed by atoms with Gasteiger partial charge in [0.1, 0.15) is 10.9 Å². The molecule has 6 nitrogen and oxygen atoms in total. The smallest absolute Gasteiger partial charge is 0.243 e. The molecule has 2 aromatic heterocycles. The van der Waals surface area contributed by atoms with E-state index in [9.17, 15) is 8.42 Å². The highest BCUT2D eigenvalue weighted by Gasteiger charge is 2.22. The predicted octanol–water partition coefficient (Wildman–Crippen LogP) is 3.93. The summed E-state index contributed by atoms with van der Waals surface area (Å²) in [5, 5.41) is 1.33. The van der Waals surface area contributed by atoms with Crippen molar-refractivity contribution < 1.29 is 8.42 Å². The maximum atomic E-state index is 12.7. The lowest BCUT2D eigenvalue weighted by Gasteiger charge is -2.18. The van der Waals surface area contributed by atoms with Gasteiger partial charge < -0.3 is 4.98 Å². The van der Waals surface area contributed by atoms with Gasteiger partial charge in [-0.25, -0.2) is 18.4 Å². The summed E-state index contributed by atoms with van der Waals surface area (Å²) in [6, 6.07) is 8.54. The van der Waals surface area contributed by atoms with E-state index in [0.29, 0.717) is 29.4 Å². The summed E-state index contributed by atoms with van der Waals surface area (Å²) in [6.07, 6.45) is 1.69. The number of imidazole rings is 1. The van der Waals surface area contributed by atoms with Crippen molar-refractivity contribution in [2.45, 2.75) is 29.5 Å². The van der Waals surface area contributed by atoms with Gasteiger partial charge in [0.25, 0.3) is 0 Å². The van der Waals surface area contributed by atoms with Crippen LogP contribution in [0.5, 0.6) is 0 Å². The first kappa shape index (κ1) is 19.2. The van der Waals surface area contributed by atoms with E-state index < -0.39 is 10.0 Å². The van der Waals surface area contributed by atoms with E-state index in [1.807, 2.05) is 13.8 Å². The van der Waals surface area contributed by atoms with Gasteiger partial charge in [-0.3, -0.25) is 0 Å². The third kappa shape index (κ3) is 3.88. The van der Waals surface area contributed by atoms with Crippen molar-refractivity contribution in [2.75, 3.05) is 13.1 Å². The number of halogens is 1. The number of hydrogen-bond donors (Lipinski definition) is 1. The average Bonchev–Trinajstić information content (AvgIpc) is 3.04. The number of aromatic amines is 1. The Morgan fingerprint density at radius 1 is 1.23 bits per heavy atom. The zero-order valence-electron chi connectivity index (χ0n) is 14.4. The van der Waals surface area contributed by atoms with Crippen molar-refractivity contribution in [1.82, 2.24) is 19.3 Å². The second-order valence-electron chi connectivity index (χ2n) is 5.53. The van der Waals surface area contributed by atoms with E-state index in [2.05, 4.69) is 15.0 Å². The molecule has 0 saturated carbocycles. The zero-order valence-corrected chi connectivity index (χ0v) is 16.8. The number of nitrogens with one attached hydrogen (secondary N) is 1. The summed E-state index contributed by atoms with van der Waals surface area (Å²) in [7, 11) is -3.49. The molecule has 1 aromatic carbocycles. The third-order valence-electron chi connectivity index (χ3n) is 3.92. The largest absolute Gasteiger partial charge is 0.341 e. The number of sulfonamides is 1. The number of rotatable bonds is 7. The van der Waals surface area contributed by atoms with Crippen molar-refractivity contribution in [3.05, 3.63) is 47.4 Å². The molecule has 0 radical (unpaired) electrons. The molecule has 2 heterocycles. The van der Waals surface area contributed by atoms with Gasteiger partial charge in [0, 0.05) is 19.3 Å². The summed E-state index contributed by atoms with van der Waals surface area (Å²) < 4.78 is 26.8. The minimum absolute atomic E-state index is 0.268. The minimum Gasteiger partial charge on any atom is -0.341 e. The van der Waals surface area contributed by atoms with Crippen molar-refractivity contribution in [3.63, 3.8) is 0 Å². The molecular formula is C17H19ClN4O2S2. The molecule has 0 unspecified atom stereocenters. The van der Waals surface area contributed by atoms with E-state index in [0.717, 1.165) is 16.4 Å². The second-order valence-corrected chi connectivity index (χ2v) is 8.84. The van der Waals surface area contributed by atoms with E-state index >= 15 is 0 Å². The maximum absolute atomic E-state index is 12.7. The monoisotopic (exact) mass is 410 g/mol. The highest BCUT2D eigenvalue weighted by atomic mass is 35.5. The SMILES string of the molecule is CCN(CC)S(=O)(=O)c1ccc2nc(CSc3ncccc3Cl)[nH]c2c1. The van der Waals surface area contributed by atoms with E-state index in [-0.39, 0.29) is 4.90 Å². The molecule has 0 saturated heterocycles. The fourth-order valence-corrected chi connectivity index (χ4v) is 5.12. The molecule has 0 spiro atoms. The molecule has 138 valence electrons. The standard InChI is InChI=1S/C17H19ClN4O2S2/c1-3-22(4-2)26(23,24)12-7-8-14-15(10-12)21-16(20-14)11-25-17-13(18)6-5-9-19-17/h5-10H,3-4,11H2,1-2H3,(H,20,21). The number of fused-ring (bicyclic) bond motifs is 1. The lowest BCUT2D eigenvalue weighted by atomic mass is 10.3. The van der Waals surface area contributed by atoms with Crippen molar-refractivity contribution in [1.29, 1.82) is 0 Å². The maximum Gasteiger partial charge on any atom is 0.243 e. The van der Waals surface area contributed by atoms with Crippen LogP contribution in [0.15, 0.2) is 46.5 Å². The Bertz CT molecular complexity index is 1020. The Balaban J connectivity index is 1.85. The predicted molar refractivity (Wildman–Crippen MR) is 105 cm³/mol. The second kappa shape index (κ2) is 7.96. The summed E-state index contributed by atoms with van der Waals surface area (Å²) >= 11 is 7.59. The lowest BCUT2D eigenvalue weighted by Crippen LogP contribution is -2.30. The van der Waals surface area contributed by atoms with E-state index in [4.69, 9.17) is 11.6 Å². The number of pyridine rings is 1. The van der Waals surface area contributed by atoms with E-state index in [1.54, 1.807) is 36.5 Å². The average molecular weight is 411 g/mol. The Hall–Kier alpha value is -1.61. The summed E-state index contributed by atoms with van der Waals surface area (Å²) in [6.45, 7) is 4.53. The molecule has 9 heteroatoms. The number of nitrogens with zero attached hydrogens (tertiary/aromatic N) is 3. The molecule has 3 rings (SSSR count). The quantitative estimate of drug-likeness (QED) is 0.597. The summed E-state index contributed by atoms with van der Waals surface area (Å²) in [4.78, 5) is 12.2. The molecule has 26 heavy (non-hydrogen) atoms. The normalized spacial score (nSPS) is 12.2. The van der Waals surface area contributed by atoms with Crippen LogP contribution in [0.25, 0.3) is 11.0 Å². The van der Waals surface area contributed by atoms with Crippen molar-refractivity contribution in [2.24, 2.45) is 0 Å². The molecule has 0 aliphatic heterocycles. The fraction of sp³-hybridized carbons (Fsp3) is 0.294. The van der Waals surface area contributed by atoms with Gasteiger partial charge >= 0.3 is 0 Å². The lowest BCUT2D eigenvalue weighted by molar-refractivity contribution is 0.445. The van der Waals surface area contributed by atoms with Crippen LogP contribution in [-0.4, -0.2) is 40.8 Å². The molecule has 0 fully saturated rings.